The molecule has 1 unspecified atom stereocenters. The molecule has 2 amide bonds. The summed E-state index contributed by atoms with van der Waals surface area (Å²) in [6, 6.07) is 8.63. The van der Waals surface area contributed by atoms with Gasteiger partial charge in [0, 0.05) is 37.1 Å². The Kier molecular flexibility index (Phi) is 4.59. The molecule has 0 bridgehead atoms. The smallest absolute Gasteiger partial charge is 0.317 e. The zero-order valence-electron chi connectivity index (χ0n) is 12.1. The molecular weight excluding hydrogens is 270 g/mol. The summed E-state index contributed by atoms with van der Waals surface area (Å²) in [5, 5.41) is 12.9. The van der Waals surface area contributed by atoms with Crippen molar-refractivity contribution in [2.45, 2.75) is 19.6 Å². The van der Waals surface area contributed by atoms with Gasteiger partial charge in [0.15, 0.2) is 0 Å². The first-order valence-corrected chi connectivity index (χ1v) is 6.75. The SMILES string of the molecule is CC(O)CN(C)C(=O)NCc1cc(=O)[nH]c2ccccc12. The lowest BCUT2D eigenvalue weighted by molar-refractivity contribution is 0.144. The summed E-state index contributed by atoms with van der Waals surface area (Å²) in [4.78, 5) is 27.7. The summed E-state index contributed by atoms with van der Waals surface area (Å²) >= 11 is 0. The lowest BCUT2D eigenvalue weighted by Crippen LogP contribution is -2.40. The summed E-state index contributed by atoms with van der Waals surface area (Å²) in [5.74, 6) is 0. The number of carbonyl (C=O) groups is 1. The van der Waals surface area contributed by atoms with Crippen molar-refractivity contribution in [3.05, 3.63) is 46.2 Å². The van der Waals surface area contributed by atoms with Gasteiger partial charge < -0.3 is 20.3 Å². The molecule has 0 radical (unpaired) electrons. The number of hydrogen-bond donors (Lipinski definition) is 3. The van der Waals surface area contributed by atoms with Gasteiger partial charge >= 0.3 is 6.03 Å². The highest BCUT2D eigenvalue weighted by Gasteiger charge is 2.11. The largest absolute Gasteiger partial charge is 0.392 e. The number of nitrogens with one attached hydrogen (secondary N) is 2. The van der Waals surface area contributed by atoms with Gasteiger partial charge in [0.25, 0.3) is 0 Å². The Hall–Kier alpha value is -2.34. The van der Waals surface area contributed by atoms with Gasteiger partial charge in [0.1, 0.15) is 0 Å². The van der Waals surface area contributed by atoms with Crippen LogP contribution in [-0.2, 0) is 6.54 Å². The maximum absolute atomic E-state index is 11.9. The topological polar surface area (TPSA) is 85.4 Å². The second kappa shape index (κ2) is 6.41. The summed E-state index contributed by atoms with van der Waals surface area (Å²) in [7, 11) is 1.61. The van der Waals surface area contributed by atoms with E-state index in [0.717, 1.165) is 16.5 Å². The molecule has 1 atom stereocenters. The Morgan fingerprint density at radius 2 is 2.14 bits per heavy atom. The number of aliphatic hydroxyl groups is 1. The molecule has 0 aliphatic heterocycles. The molecule has 6 heteroatoms. The monoisotopic (exact) mass is 289 g/mol. The van der Waals surface area contributed by atoms with Gasteiger partial charge in [-0.25, -0.2) is 4.79 Å². The molecule has 1 aromatic heterocycles. The second-order valence-electron chi connectivity index (χ2n) is 5.09. The Morgan fingerprint density at radius 3 is 2.86 bits per heavy atom. The van der Waals surface area contributed by atoms with Crippen LogP contribution in [0, 0.1) is 0 Å². The molecule has 2 aromatic rings. The Morgan fingerprint density at radius 1 is 1.43 bits per heavy atom. The number of amides is 2. The van der Waals surface area contributed by atoms with Gasteiger partial charge in [0.2, 0.25) is 5.56 Å². The van der Waals surface area contributed by atoms with Crippen LogP contribution in [0.5, 0.6) is 0 Å². The van der Waals surface area contributed by atoms with Gasteiger partial charge in [-0.05, 0) is 18.6 Å². The van der Waals surface area contributed by atoms with E-state index in [1.165, 1.54) is 11.0 Å². The third-order valence-electron chi connectivity index (χ3n) is 3.15. The molecule has 6 nitrogen and oxygen atoms in total. The molecule has 0 saturated heterocycles. The van der Waals surface area contributed by atoms with E-state index in [4.69, 9.17) is 0 Å². The van der Waals surface area contributed by atoms with Crippen molar-refractivity contribution in [2.75, 3.05) is 13.6 Å². The Bertz CT molecular complexity index is 694. The highest BCUT2D eigenvalue weighted by Crippen LogP contribution is 2.14. The van der Waals surface area contributed by atoms with Gasteiger partial charge in [0.05, 0.1) is 6.10 Å². The molecule has 0 aliphatic rings. The molecular formula is C15H19N3O3. The lowest BCUT2D eigenvalue weighted by Gasteiger charge is -2.19. The van der Waals surface area contributed by atoms with Crippen molar-refractivity contribution in [3.8, 4) is 0 Å². The van der Waals surface area contributed by atoms with E-state index >= 15 is 0 Å². The predicted molar refractivity (Wildman–Crippen MR) is 81.1 cm³/mol. The molecule has 0 aliphatic carbocycles. The molecule has 0 saturated carbocycles. The van der Waals surface area contributed by atoms with Crippen molar-refractivity contribution >= 4 is 16.9 Å². The van der Waals surface area contributed by atoms with Gasteiger partial charge in [-0.2, -0.15) is 0 Å². The van der Waals surface area contributed by atoms with Crippen molar-refractivity contribution in [1.29, 1.82) is 0 Å². The third kappa shape index (κ3) is 3.82. The first-order valence-electron chi connectivity index (χ1n) is 6.75. The fraction of sp³-hybridized carbons (Fsp3) is 0.333. The first-order chi connectivity index (χ1) is 9.97. The molecule has 0 spiro atoms. The molecule has 112 valence electrons. The van der Waals surface area contributed by atoms with Crippen LogP contribution in [0.15, 0.2) is 35.1 Å². The van der Waals surface area contributed by atoms with E-state index in [2.05, 4.69) is 10.3 Å². The normalized spacial score (nSPS) is 12.1. The second-order valence-corrected chi connectivity index (χ2v) is 5.09. The summed E-state index contributed by atoms with van der Waals surface area (Å²) in [5.41, 5.74) is 1.30. The zero-order valence-corrected chi connectivity index (χ0v) is 12.1. The minimum atomic E-state index is -0.582. The van der Waals surface area contributed by atoms with Crippen LogP contribution >= 0.6 is 0 Å². The number of aromatic nitrogens is 1. The van der Waals surface area contributed by atoms with E-state index in [9.17, 15) is 14.7 Å². The number of fused-ring (bicyclic) bond motifs is 1. The number of hydrogen-bond acceptors (Lipinski definition) is 3. The van der Waals surface area contributed by atoms with Crippen molar-refractivity contribution < 1.29 is 9.90 Å². The average molecular weight is 289 g/mol. The summed E-state index contributed by atoms with van der Waals surface area (Å²) in [6.45, 7) is 2.13. The number of rotatable bonds is 4. The highest BCUT2D eigenvalue weighted by atomic mass is 16.3. The Balaban J connectivity index is 2.13. The highest BCUT2D eigenvalue weighted by molar-refractivity contribution is 5.82. The molecule has 1 heterocycles. The van der Waals surface area contributed by atoms with Crippen molar-refractivity contribution in [1.82, 2.24) is 15.2 Å². The molecule has 21 heavy (non-hydrogen) atoms. The quantitative estimate of drug-likeness (QED) is 0.786. The number of para-hydroxylation sites is 1. The fourth-order valence-electron chi connectivity index (χ4n) is 2.21. The van der Waals surface area contributed by atoms with Crippen LogP contribution in [0.4, 0.5) is 4.79 Å². The number of benzene rings is 1. The number of urea groups is 1. The molecule has 0 fully saturated rings. The fourth-order valence-corrected chi connectivity index (χ4v) is 2.21. The van der Waals surface area contributed by atoms with Gasteiger partial charge in [-0.3, -0.25) is 4.79 Å². The van der Waals surface area contributed by atoms with Crippen LogP contribution in [0.25, 0.3) is 10.9 Å². The van der Waals surface area contributed by atoms with E-state index in [1.54, 1.807) is 14.0 Å². The zero-order chi connectivity index (χ0) is 15.4. The number of pyridine rings is 1. The van der Waals surface area contributed by atoms with E-state index in [0.29, 0.717) is 0 Å². The van der Waals surface area contributed by atoms with Crippen molar-refractivity contribution in [3.63, 3.8) is 0 Å². The number of likely N-dealkylation sites (N-methyl/N-ethyl adjacent to an activating group) is 1. The number of aliphatic hydroxyl groups excluding tert-OH is 1. The molecule has 3 N–H and O–H groups in total. The predicted octanol–water partition coefficient (Wildman–Crippen LogP) is 1.05. The number of carbonyl (C=O) groups excluding carboxylic acids is 1. The van der Waals surface area contributed by atoms with Gasteiger partial charge in [-0.1, -0.05) is 18.2 Å². The summed E-state index contributed by atoms with van der Waals surface area (Å²) in [6.07, 6.45) is -0.582. The number of aromatic amines is 1. The summed E-state index contributed by atoms with van der Waals surface area (Å²) < 4.78 is 0. The number of nitrogens with zero attached hydrogens (tertiary/aromatic N) is 1. The maximum Gasteiger partial charge on any atom is 0.317 e. The molecule has 1 aromatic carbocycles. The van der Waals surface area contributed by atoms with Crippen LogP contribution in [-0.4, -0.2) is 40.7 Å². The third-order valence-corrected chi connectivity index (χ3v) is 3.15. The first kappa shape index (κ1) is 15.1. The number of H-pyrrole nitrogens is 1. The average Bonchev–Trinajstić information content (AvgIpc) is 2.43. The standard InChI is InChI=1S/C15H19N3O3/c1-10(19)9-18(2)15(21)16-8-11-7-14(20)17-13-6-4-3-5-12(11)13/h3-7,10,19H,8-9H2,1-2H3,(H,16,21)(H,17,20). The van der Waals surface area contributed by atoms with Crippen LogP contribution in [0.1, 0.15) is 12.5 Å². The van der Waals surface area contributed by atoms with E-state index in [1.807, 2.05) is 24.3 Å². The van der Waals surface area contributed by atoms with Crippen LogP contribution in [0.3, 0.4) is 0 Å². The van der Waals surface area contributed by atoms with E-state index < -0.39 is 6.10 Å². The Labute approximate surface area is 122 Å². The van der Waals surface area contributed by atoms with Crippen molar-refractivity contribution in [2.24, 2.45) is 0 Å². The minimum absolute atomic E-state index is 0.199. The van der Waals surface area contributed by atoms with E-state index in [-0.39, 0.29) is 24.7 Å². The molecule has 2 rings (SSSR count). The lowest BCUT2D eigenvalue weighted by atomic mass is 10.1. The van der Waals surface area contributed by atoms with Gasteiger partial charge in [-0.15, -0.1) is 0 Å². The van der Waals surface area contributed by atoms with Crippen LogP contribution in [0.2, 0.25) is 0 Å². The minimum Gasteiger partial charge on any atom is -0.392 e. The maximum atomic E-state index is 11.9. The van der Waals surface area contributed by atoms with Crippen LogP contribution < -0.4 is 10.9 Å².